The molecule has 1 aromatic rings. The Labute approximate surface area is 134 Å². The Balaban J connectivity index is 2.43. The third-order valence-corrected chi connectivity index (χ3v) is 6.00. The fourth-order valence-corrected chi connectivity index (χ4v) is 4.62. The maximum Gasteiger partial charge on any atom is 0.246 e. The van der Waals surface area contributed by atoms with Crippen LogP contribution in [0.25, 0.3) is 0 Å². The molecule has 1 unspecified atom stereocenters. The van der Waals surface area contributed by atoms with Crippen LogP contribution in [0.4, 0.5) is 10.1 Å². The van der Waals surface area contributed by atoms with Gasteiger partial charge >= 0.3 is 0 Å². The van der Waals surface area contributed by atoms with Gasteiger partial charge in [0.25, 0.3) is 0 Å². The van der Waals surface area contributed by atoms with Gasteiger partial charge < -0.3 is 5.32 Å². The maximum absolute atomic E-state index is 14.2. The van der Waals surface area contributed by atoms with Gasteiger partial charge in [-0.3, -0.25) is 4.79 Å². The van der Waals surface area contributed by atoms with Gasteiger partial charge in [0.1, 0.15) is 10.7 Å². The van der Waals surface area contributed by atoms with Gasteiger partial charge in [0.05, 0.1) is 10.7 Å². The van der Waals surface area contributed by atoms with Crippen molar-refractivity contribution in [3.63, 3.8) is 0 Å². The van der Waals surface area contributed by atoms with E-state index in [1.807, 2.05) is 6.92 Å². The number of carbonyl (C=O) groups is 1. The summed E-state index contributed by atoms with van der Waals surface area (Å²) in [4.78, 5) is 10.6. The summed E-state index contributed by atoms with van der Waals surface area (Å²) in [5.41, 5.74) is 0.0531. The number of benzene rings is 1. The summed E-state index contributed by atoms with van der Waals surface area (Å²) >= 11 is 5.96. The predicted molar refractivity (Wildman–Crippen MR) is 82.9 cm³/mol. The Bertz CT molecular complexity index is 694. The van der Waals surface area contributed by atoms with Gasteiger partial charge in [-0.15, -0.1) is 0 Å². The standard InChI is InChI=1S/C14H18ClFN2O3S/c1-9-5-3-4-6-18(9)22(20,21)14-7-11(15)13(8-12(14)16)17-10(2)19/h7-9H,3-6H2,1-2H3,(H,17,19). The minimum absolute atomic E-state index is 0.0140. The lowest BCUT2D eigenvalue weighted by Crippen LogP contribution is -2.42. The molecule has 1 amide bonds. The van der Waals surface area contributed by atoms with Crippen LogP contribution in [-0.2, 0) is 14.8 Å². The zero-order chi connectivity index (χ0) is 16.5. The molecule has 22 heavy (non-hydrogen) atoms. The molecule has 1 aliphatic rings. The molecule has 1 heterocycles. The molecule has 122 valence electrons. The number of piperidine rings is 1. The average molecular weight is 349 g/mol. The van der Waals surface area contributed by atoms with Crippen molar-refractivity contribution in [2.45, 2.75) is 44.0 Å². The van der Waals surface area contributed by atoms with Gasteiger partial charge in [0.2, 0.25) is 15.9 Å². The molecule has 1 atom stereocenters. The van der Waals surface area contributed by atoms with Crippen LogP contribution >= 0.6 is 11.6 Å². The van der Waals surface area contributed by atoms with E-state index >= 15 is 0 Å². The topological polar surface area (TPSA) is 66.5 Å². The lowest BCUT2D eigenvalue weighted by Gasteiger charge is -2.32. The van der Waals surface area contributed by atoms with Crippen LogP contribution in [0, 0.1) is 5.82 Å². The second kappa shape index (κ2) is 6.52. The normalized spacial score (nSPS) is 19.9. The number of amides is 1. The molecule has 1 fully saturated rings. The second-order valence-corrected chi connectivity index (χ2v) is 7.67. The van der Waals surface area contributed by atoms with Crippen LogP contribution in [0.15, 0.2) is 17.0 Å². The number of rotatable bonds is 3. The largest absolute Gasteiger partial charge is 0.325 e. The van der Waals surface area contributed by atoms with Crippen LogP contribution < -0.4 is 5.32 Å². The highest BCUT2D eigenvalue weighted by Crippen LogP contribution is 2.32. The quantitative estimate of drug-likeness (QED) is 0.913. The van der Waals surface area contributed by atoms with E-state index in [0.29, 0.717) is 6.54 Å². The van der Waals surface area contributed by atoms with E-state index in [9.17, 15) is 17.6 Å². The fourth-order valence-electron chi connectivity index (χ4n) is 2.57. The van der Waals surface area contributed by atoms with Crippen LogP contribution in [0.1, 0.15) is 33.1 Å². The number of carbonyl (C=O) groups excluding carboxylic acids is 1. The molecule has 0 bridgehead atoms. The van der Waals surface area contributed by atoms with E-state index in [1.165, 1.54) is 11.2 Å². The molecule has 0 aromatic heterocycles. The van der Waals surface area contributed by atoms with E-state index in [0.717, 1.165) is 31.4 Å². The smallest absolute Gasteiger partial charge is 0.246 e. The Morgan fingerprint density at radius 1 is 1.41 bits per heavy atom. The highest BCUT2D eigenvalue weighted by molar-refractivity contribution is 7.89. The van der Waals surface area contributed by atoms with Gasteiger partial charge in [-0.05, 0) is 25.8 Å². The van der Waals surface area contributed by atoms with E-state index in [1.54, 1.807) is 0 Å². The minimum Gasteiger partial charge on any atom is -0.325 e. The van der Waals surface area contributed by atoms with Crippen LogP contribution in [0.5, 0.6) is 0 Å². The molecule has 1 aromatic carbocycles. The van der Waals surface area contributed by atoms with Crippen molar-refractivity contribution in [2.75, 3.05) is 11.9 Å². The van der Waals surface area contributed by atoms with Gasteiger partial charge in [-0.25, -0.2) is 12.8 Å². The lowest BCUT2D eigenvalue weighted by atomic mass is 10.1. The Morgan fingerprint density at radius 2 is 2.09 bits per heavy atom. The Morgan fingerprint density at radius 3 is 2.68 bits per heavy atom. The van der Waals surface area contributed by atoms with Crippen molar-refractivity contribution in [3.8, 4) is 0 Å². The van der Waals surface area contributed by atoms with Crippen molar-refractivity contribution >= 4 is 33.2 Å². The number of halogens is 2. The molecule has 1 N–H and O–H groups in total. The molecular formula is C14H18ClFN2O3S. The first-order valence-electron chi connectivity index (χ1n) is 7.02. The second-order valence-electron chi connectivity index (χ2n) is 5.40. The van der Waals surface area contributed by atoms with Crippen molar-refractivity contribution in [2.24, 2.45) is 0 Å². The monoisotopic (exact) mass is 348 g/mol. The third-order valence-electron chi connectivity index (χ3n) is 3.66. The highest BCUT2D eigenvalue weighted by atomic mass is 35.5. The summed E-state index contributed by atoms with van der Waals surface area (Å²) in [6, 6.07) is 1.82. The first-order valence-corrected chi connectivity index (χ1v) is 8.83. The number of hydrogen-bond acceptors (Lipinski definition) is 3. The zero-order valence-electron chi connectivity index (χ0n) is 12.4. The molecule has 0 radical (unpaired) electrons. The molecule has 1 aliphatic heterocycles. The lowest BCUT2D eigenvalue weighted by molar-refractivity contribution is -0.114. The Kier molecular flexibility index (Phi) is 5.09. The average Bonchev–Trinajstić information content (AvgIpc) is 2.42. The summed E-state index contributed by atoms with van der Waals surface area (Å²) in [7, 11) is -3.95. The molecule has 8 heteroatoms. The van der Waals surface area contributed by atoms with Crippen LogP contribution in [0.2, 0.25) is 5.02 Å². The SMILES string of the molecule is CC(=O)Nc1cc(F)c(S(=O)(=O)N2CCCCC2C)cc1Cl. The van der Waals surface area contributed by atoms with E-state index in [-0.39, 0.29) is 16.8 Å². The van der Waals surface area contributed by atoms with E-state index in [2.05, 4.69) is 5.32 Å². The van der Waals surface area contributed by atoms with E-state index in [4.69, 9.17) is 11.6 Å². The summed E-state index contributed by atoms with van der Waals surface area (Å²) in [5.74, 6) is -1.34. The number of nitrogens with one attached hydrogen (secondary N) is 1. The number of anilines is 1. The van der Waals surface area contributed by atoms with Crippen molar-refractivity contribution < 1.29 is 17.6 Å². The van der Waals surface area contributed by atoms with Crippen molar-refractivity contribution in [3.05, 3.63) is 23.0 Å². The zero-order valence-corrected chi connectivity index (χ0v) is 14.0. The van der Waals surface area contributed by atoms with Crippen LogP contribution in [0.3, 0.4) is 0 Å². The van der Waals surface area contributed by atoms with Gasteiger partial charge in [-0.1, -0.05) is 18.0 Å². The number of sulfonamides is 1. The fraction of sp³-hybridized carbons (Fsp3) is 0.500. The first kappa shape index (κ1) is 17.2. The number of hydrogen-bond donors (Lipinski definition) is 1. The van der Waals surface area contributed by atoms with Gasteiger partial charge in [-0.2, -0.15) is 4.31 Å². The minimum atomic E-state index is -3.95. The Hall–Kier alpha value is -1.18. The molecule has 0 aliphatic carbocycles. The number of nitrogens with zero attached hydrogens (tertiary/aromatic N) is 1. The summed E-state index contributed by atoms with van der Waals surface area (Å²) in [6.07, 6.45) is 2.46. The van der Waals surface area contributed by atoms with Crippen molar-refractivity contribution in [1.82, 2.24) is 4.31 Å². The van der Waals surface area contributed by atoms with Gasteiger partial charge in [0, 0.05) is 25.6 Å². The molecule has 5 nitrogen and oxygen atoms in total. The summed E-state index contributed by atoms with van der Waals surface area (Å²) in [5, 5.41) is 2.35. The van der Waals surface area contributed by atoms with Gasteiger partial charge in [0.15, 0.2) is 0 Å². The summed E-state index contributed by atoms with van der Waals surface area (Å²) in [6.45, 7) is 3.43. The van der Waals surface area contributed by atoms with Crippen LogP contribution in [-0.4, -0.2) is 31.2 Å². The van der Waals surface area contributed by atoms with E-state index < -0.39 is 26.6 Å². The molecule has 0 saturated carbocycles. The highest BCUT2D eigenvalue weighted by Gasteiger charge is 2.33. The predicted octanol–water partition coefficient (Wildman–Crippen LogP) is 3.00. The molecule has 1 saturated heterocycles. The first-order chi connectivity index (χ1) is 10.2. The molecular weight excluding hydrogens is 331 g/mol. The molecule has 0 spiro atoms. The maximum atomic E-state index is 14.2. The third kappa shape index (κ3) is 3.42. The molecule has 2 rings (SSSR count). The van der Waals surface area contributed by atoms with Crippen molar-refractivity contribution in [1.29, 1.82) is 0 Å². The summed E-state index contributed by atoms with van der Waals surface area (Å²) < 4.78 is 40.8.